The molecule has 2 fully saturated rings. The summed E-state index contributed by atoms with van der Waals surface area (Å²) in [5.74, 6) is -4.83. The summed E-state index contributed by atoms with van der Waals surface area (Å²) in [7, 11) is 0. The molecule has 0 radical (unpaired) electrons. The first kappa shape index (κ1) is 27.5. The SMILES string of the molecule is CC(=O)OCC1=C[C@H]2[C@@H]3C(C)(C)[C@]3(O)[C@H](OC(=O)/C=C/c3ccccc3)[C@@H](C)[C@]2(O)[C@@H]2C=C(C)C(=O)[C@@]2(O)C1. The Morgan fingerprint density at radius 2 is 1.77 bits per heavy atom. The molecule has 0 amide bonds. The van der Waals surface area contributed by atoms with Crippen molar-refractivity contribution in [2.75, 3.05) is 6.61 Å². The molecule has 0 aromatic heterocycles. The van der Waals surface area contributed by atoms with Crippen LogP contribution in [-0.4, -0.2) is 62.6 Å². The zero-order valence-electron chi connectivity index (χ0n) is 22.9. The minimum atomic E-state index is -1.97. The fourth-order valence-corrected chi connectivity index (χ4v) is 7.68. The lowest BCUT2D eigenvalue weighted by atomic mass is 9.59. The van der Waals surface area contributed by atoms with E-state index in [-0.39, 0.29) is 13.0 Å². The fraction of sp³-hybridized carbons (Fsp3) is 0.516. The predicted molar refractivity (Wildman–Crippen MR) is 142 cm³/mol. The Hall–Kier alpha value is -3.07. The molecular formula is C31H36O8. The average molecular weight is 537 g/mol. The van der Waals surface area contributed by atoms with Crippen molar-refractivity contribution in [3.63, 3.8) is 0 Å². The van der Waals surface area contributed by atoms with E-state index in [2.05, 4.69) is 0 Å². The first-order valence-corrected chi connectivity index (χ1v) is 13.4. The number of aliphatic hydroxyl groups is 3. The van der Waals surface area contributed by atoms with Crippen molar-refractivity contribution in [1.29, 1.82) is 0 Å². The Morgan fingerprint density at radius 3 is 2.41 bits per heavy atom. The maximum atomic E-state index is 13.3. The Labute approximate surface area is 228 Å². The van der Waals surface area contributed by atoms with E-state index < -0.39 is 69.7 Å². The van der Waals surface area contributed by atoms with Crippen LogP contribution in [-0.2, 0) is 23.9 Å². The van der Waals surface area contributed by atoms with E-state index in [1.165, 1.54) is 13.0 Å². The molecule has 0 unspecified atom stereocenters. The number of hydrogen-bond donors (Lipinski definition) is 3. The topological polar surface area (TPSA) is 130 Å². The highest BCUT2D eigenvalue weighted by atomic mass is 16.6. The molecule has 3 N–H and O–H groups in total. The molecule has 1 aromatic rings. The standard InChI is InChI=1S/C31H36O8/c1-17-13-23-29(35,26(17)34)15-21(16-38-19(3)32)14-22-25-28(4,5)31(25,37)27(18(2)30(22,23)36)39-24(33)12-11-20-9-7-6-8-10-20/h6-14,18,22-23,25,27,35-37H,15-16H2,1-5H3/b12-11+/t18-,22+,23-,25-,27-,29-,30-,31-/m1/s1. The Kier molecular flexibility index (Phi) is 6.33. The lowest BCUT2D eigenvalue weighted by molar-refractivity contribution is -0.219. The van der Waals surface area contributed by atoms with Crippen molar-refractivity contribution < 1.29 is 39.2 Å². The van der Waals surface area contributed by atoms with Gasteiger partial charge in [-0.1, -0.05) is 63.3 Å². The molecule has 0 spiro atoms. The van der Waals surface area contributed by atoms with Gasteiger partial charge in [0.05, 0.1) is 5.60 Å². The molecule has 0 bridgehead atoms. The van der Waals surface area contributed by atoms with E-state index >= 15 is 0 Å². The molecule has 0 saturated heterocycles. The number of carbonyl (C=O) groups excluding carboxylic acids is 3. The summed E-state index contributed by atoms with van der Waals surface area (Å²) in [5.41, 5.74) is -4.33. The Bertz CT molecular complexity index is 1310. The molecule has 39 heavy (non-hydrogen) atoms. The van der Waals surface area contributed by atoms with Gasteiger partial charge in [0.25, 0.3) is 0 Å². The Morgan fingerprint density at radius 1 is 1.10 bits per heavy atom. The van der Waals surface area contributed by atoms with Gasteiger partial charge in [-0.25, -0.2) is 4.79 Å². The predicted octanol–water partition coefficient (Wildman–Crippen LogP) is 2.77. The van der Waals surface area contributed by atoms with Gasteiger partial charge in [-0.3, -0.25) is 9.59 Å². The van der Waals surface area contributed by atoms with Gasteiger partial charge in [0.15, 0.2) is 5.78 Å². The molecule has 4 aliphatic rings. The normalized spacial score (nSPS) is 40.0. The largest absolute Gasteiger partial charge is 0.461 e. The fourth-order valence-electron chi connectivity index (χ4n) is 7.68. The molecule has 0 heterocycles. The van der Waals surface area contributed by atoms with Gasteiger partial charge < -0.3 is 24.8 Å². The van der Waals surface area contributed by atoms with Gasteiger partial charge in [-0.05, 0) is 29.7 Å². The number of rotatable bonds is 5. The summed E-state index contributed by atoms with van der Waals surface area (Å²) in [6, 6.07) is 9.24. The van der Waals surface area contributed by atoms with Gasteiger partial charge >= 0.3 is 11.9 Å². The molecule has 2 saturated carbocycles. The number of Topliss-reactive ketones (excluding diaryl/α,β-unsaturated/α-hetero) is 1. The van der Waals surface area contributed by atoms with Gasteiger partial charge in [0.2, 0.25) is 0 Å². The van der Waals surface area contributed by atoms with Gasteiger partial charge in [-0.15, -0.1) is 0 Å². The van der Waals surface area contributed by atoms with E-state index in [1.807, 2.05) is 44.2 Å². The third-order valence-electron chi connectivity index (χ3n) is 9.72. The van der Waals surface area contributed by atoms with Crippen molar-refractivity contribution in [3.8, 4) is 0 Å². The van der Waals surface area contributed by atoms with E-state index in [0.717, 1.165) is 5.56 Å². The smallest absolute Gasteiger partial charge is 0.331 e. The highest BCUT2D eigenvalue weighted by Crippen LogP contribution is 2.75. The summed E-state index contributed by atoms with van der Waals surface area (Å²) >= 11 is 0. The summed E-state index contributed by atoms with van der Waals surface area (Å²) in [4.78, 5) is 37.9. The van der Waals surface area contributed by atoms with Gasteiger partial charge in [0.1, 0.15) is 23.9 Å². The number of benzene rings is 1. The van der Waals surface area contributed by atoms with E-state index in [4.69, 9.17) is 9.47 Å². The molecule has 4 aliphatic carbocycles. The number of hydrogen-bond acceptors (Lipinski definition) is 8. The van der Waals surface area contributed by atoms with Crippen LogP contribution in [0.5, 0.6) is 0 Å². The van der Waals surface area contributed by atoms with E-state index in [9.17, 15) is 29.7 Å². The van der Waals surface area contributed by atoms with Crippen LogP contribution in [0.2, 0.25) is 0 Å². The van der Waals surface area contributed by atoms with Gasteiger partial charge in [0, 0.05) is 48.5 Å². The number of fused-ring (bicyclic) bond motifs is 5. The molecule has 8 nitrogen and oxygen atoms in total. The van der Waals surface area contributed by atoms with Crippen LogP contribution in [0.4, 0.5) is 0 Å². The monoisotopic (exact) mass is 536 g/mol. The molecule has 0 aliphatic heterocycles. The minimum absolute atomic E-state index is 0.126. The Balaban J connectivity index is 1.57. The summed E-state index contributed by atoms with van der Waals surface area (Å²) < 4.78 is 11.1. The van der Waals surface area contributed by atoms with Crippen molar-refractivity contribution in [2.24, 2.45) is 29.1 Å². The van der Waals surface area contributed by atoms with Crippen LogP contribution >= 0.6 is 0 Å². The second-order valence-corrected chi connectivity index (χ2v) is 12.2. The molecule has 5 rings (SSSR count). The third kappa shape index (κ3) is 3.87. The summed E-state index contributed by atoms with van der Waals surface area (Å²) in [6.07, 6.45) is 5.02. The van der Waals surface area contributed by atoms with Crippen molar-refractivity contribution >= 4 is 23.8 Å². The van der Waals surface area contributed by atoms with Crippen molar-refractivity contribution in [2.45, 2.75) is 63.9 Å². The quantitative estimate of drug-likeness (QED) is 0.298. The molecule has 8 atom stereocenters. The maximum Gasteiger partial charge on any atom is 0.331 e. The van der Waals surface area contributed by atoms with Crippen LogP contribution < -0.4 is 0 Å². The lowest BCUT2D eigenvalue weighted by Crippen LogP contribution is -2.65. The second-order valence-electron chi connectivity index (χ2n) is 12.2. The molecule has 208 valence electrons. The first-order valence-electron chi connectivity index (χ1n) is 13.4. The lowest BCUT2D eigenvalue weighted by Gasteiger charge is -2.52. The van der Waals surface area contributed by atoms with E-state index in [1.54, 1.807) is 32.1 Å². The van der Waals surface area contributed by atoms with Gasteiger partial charge in [-0.2, -0.15) is 0 Å². The highest BCUT2D eigenvalue weighted by Gasteiger charge is 2.85. The van der Waals surface area contributed by atoms with Crippen LogP contribution in [0.3, 0.4) is 0 Å². The third-order valence-corrected chi connectivity index (χ3v) is 9.72. The molecule has 8 heteroatoms. The number of carbonyl (C=O) groups is 3. The van der Waals surface area contributed by atoms with Crippen molar-refractivity contribution in [3.05, 3.63) is 65.3 Å². The maximum absolute atomic E-state index is 13.3. The minimum Gasteiger partial charge on any atom is -0.461 e. The summed E-state index contributed by atoms with van der Waals surface area (Å²) in [6.45, 7) is 8.12. The van der Waals surface area contributed by atoms with Crippen LogP contribution in [0, 0.1) is 29.1 Å². The highest BCUT2D eigenvalue weighted by molar-refractivity contribution is 6.04. The zero-order chi connectivity index (χ0) is 28.5. The van der Waals surface area contributed by atoms with Crippen LogP contribution in [0.25, 0.3) is 6.08 Å². The van der Waals surface area contributed by atoms with E-state index in [0.29, 0.717) is 11.1 Å². The van der Waals surface area contributed by atoms with Crippen LogP contribution in [0.1, 0.15) is 46.6 Å². The zero-order valence-corrected chi connectivity index (χ0v) is 22.9. The molecule has 1 aromatic carbocycles. The number of ether oxygens (including phenoxy) is 2. The average Bonchev–Trinajstić information content (AvgIpc) is 3.28. The number of esters is 2. The first-order chi connectivity index (χ1) is 18.2. The van der Waals surface area contributed by atoms with Crippen LogP contribution in [0.15, 0.2) is 59.7 Å². The molecular weight excluding hydrogens is 500 g/mol. The second kappa shape index (κ2) is 8.98. The number of ketones is 1. The van der Waals surface area contributed by atoms with Crippen molar-refractivity contribution in [1.82, 2.24) is 0 Å². The summed E-state index contributed by atoms with van der Waals surface area (Å²) in [5, 5.41) is 36.5.